The normalized spacial score (nSPS) is 11.3. The van der Waals surface area contributed by atoms with Gasteiger partial charge in [0.2, 0.25) is 5.91 Å². The number of anilines is 1. The molecule has 3 aromatic rings. The van der Waals surface area contributed by atoms with Gasteiger partial charge in [-0.15, -0.1) is 0 Å². The lowest BCUT2D eigenvalue weighted by atomic mass is 10.1. The van der Waals surface area contributed by atoms with Crippen molar-refractivity contribution in [3.05, 3.63) is 72.2 Å². The number of aromatic nitrogens is 3. The van der Waals surface area contributed by atoms with Crippen LogP contribution in [0.15, 0.2) is 61.1 Å². The zero-order chi connectivity index (χ0) is 17.9. The maximum Gasteiger partial charge on any atom is 0.416 e. The van der Waals surface area contributed by atoms with E-state index >= 15 is 0 Å². The van der Waals surface area contributed by atoms with Gasteiger partial charge in [-0.3, -0.25) is 4.79 Å². The minimum Gasteiger partial charge on any atom is -0.323 e. The number of hydrogen-bond acceptors (Lipinski definition) is 3. The van der Waals surface area contributed by atoms with Crippen LogP contribution in [-0.4, -0.2) is 20.7 Å². The average Bonchev–Trinajstić information content (AvgIpc) is 3.09. The van der Waals surface area contributed by atoms with Crippen LogP contribution in [0.4, 0.5) is 18.9 Å². The number of nitrogens with one attached hydrogen (secondary N) is 1. The van der Waals surface area contributed by atoms with Crippen LogP contribution in [0.1, 0.15) is 11.1 Å². The molecule has 2 heterocycles. The number of rotatable bonds is 4. The molecule has 0 spiro atoms. The van der Waals surface area contributed by atoms with Gasteiger partial charge in [-0.25, -0.2) is 9.67 Å². The van der Waals surface area contributed by atoms with Gasteiger partial charge in [0.05, 0.1) is 17.7 Å². The summed E-state index contributed by atoms with van der Waals surface area (Å²) in [4.78, 5) is 16.4. The molecule has 128 valence electrons. The summed E-state index contributed by atoms with van der Waals surface area (Å²) >= 11 is 0. The molecule has 0 aliphatic carbocycles. The standard InChI is InChI=1S/C17H13F3N4O/c18-17(19,20)13-5-1-4-12(10-13)11-15(25)23-14-6-2-7-21-16(14)24-9-3-8-22-24/h1-10H,11H2,(H,23,25). The lowest BCUT2D eigenvalue weighted by molar-refractivity contribution is -0.137. The summed E-state index contributed by atoms with van der Waals surface area (Å²) in [6, 6.07) is 9.70. The highest BCUT2D eigenvalue weighted by Gasteiger charge is 2.30. The van der Waals surface area contributed by atoms with Crippen molar-refractivity contribution in [3.8, 4) is 5.82 Å². The molecule has 0 saturated heterocycles. The highest BCUT2D eigenvalue weighted by atomic mass is 19.4. The van der Waals surface area contributed by atoms with E-state index in [2.05, 4.69) is 15.4 Å². The van der Waals surface area contributed by atoms with Gasteiger partial charge in [0.25, 0.3) is 0 Å². The smallest absolute Gasteiger partial charge is 0.323 e. The third-order valence-corrected chi connectivity index (χ3v) is 3.40. The molecule has 0 unspecified atom stereocenters. The van der Waals surface area contributed by atoms with Gasteiger partial charge in [0.15, 0.2) is 5.82 Å². The van der Waals surface area contributed by atoms with Crippen molar-refractivity contribution in [1.29, 1.82) is 0 Å². The van der Waals surface area contributed by atoms with Crippen molar-refractivity contribution in [2.24, 2.45) is 0 Å². The number of benzene rings is 1. The molecule has 0 aliphatic heterocycles. The molecule has 0 bridgehead atoms. The SMILES string of the molecule is O=C(Cc1cccc(C(F)(F)F)c1)Nc1cccnc1-n1cccn1. The Kier molecular flexibility index (Phi) is 4.51. The number of nitrogens with zero attached hydrogens (tertiary/aromatic N) is 3. The van der Waals surface area contributed by atoms with E-state index < -0.39 is 17.6 Å². The van der Waals surface area contributed by atoms with Crippen LogP contribution >= 0.6 is 0 Å². The van der Waals surface area contributed by atoms with Gasteiger partial charge in [-0.1, -0.05) is 18.2 Å². The Hall–Kier alpha value is -3.16. The largest absolute Gasteiger partial charge is 0.416 e. The van der Waals surface area contributed by atoms with E-state index in [9.17, 15) is 18.0 Å². The molecule has 1 N–H and O–H groups in total. The highest BCUT2D eigenvalue weighted by Crippen LogP contribution is 2.29. The molecule has 2 aromatic heterocycles. The van der Waals surface area contributed by atoms with Gasteiger partial charge in [-0.05, 0) is 29.8 Å². The maximum absolute atomic E-state index is 12.7. The summed E-state index contributed by atoms with van der Waals surface area (Å²) in [7, 11) is 0. The van der Waals surface area contributed by atoms with Crippen molar-refractivity contribution in [2.75, 3.05) is 5.32 Å². The zero-order valence-corrected chi connectivity index (χ0v) is 12.9. The summed E-state index contributed by atoms with van der Waals surface area (Å²) in [6.07, 6.45) is 0.174. The van der Waals surface area contributed by atoms with E-state index in [4.69, 9.17) is 0 Å². The number of hydrogen-bond donors (Lipinski definition) is 1. The molecule has 0 radical (unpaired) electrons. The first-order valence-electron chi connectivity index (χ1n) is 7.34. The third kappa shape index (κ3) is 4.03. The second-order valence-corrected chi connectivity index (χ2v) is 5.25. The summed E-state index contributed by atoms with van der Waals surface area (Å²) in [6.45, 7) is 0. The van der Waals surface area contributed by atoms with Crippen molar-refractivity contribution >= 4 is 11.6 Å². The van der Waals surface area contributed by atoms with Crippen LogP contribution < -0.4 is 5.32 Å². The molecule has 8 heteroatoms. The molecule has 25 heavy (non-hydrogen) atoms. The number of alkyl halides is 3. The molecule has 1 aromatic carbocycles. The summed E-state index contributed by atoms with van der Waals surface area (Å²) in [5.41, 5.74) is -0.0866. The number of pyridine rings is 1. The van der Waals surface area contributed by atoms with E-state index in [0.29, 0.717) is 11.5 Å². The first-order chi connectivity index (χ1) is 11.9. The summed E-state index contributed by atoms with van der Waals surface area (Å²) in [5.74, 6) is -0.0226. The van der Waals surface area contributed by atoms with E-state index in [-0.39, 0.29) is 12.0 Å². The van der Waals surface area contributed by atoms with Crippen LogP contribution in [0.3, 0.4) is 0 Å². The van der Waals surface area contributed by atoms with Crippen LogP contribution in [-0.2, 0) is 17.4 Å². The lowest BCUT2D eigenvalue weighted by Crippen LogP contribution is -2.17. The Morgan fingerprint density at radius 2 is 1.96 bits per heavy atom. The predicted octanol–water partition coefficient (Wildman–Crippen LogP) is 3.47. The summed E-state index contributed by atoms with van der Waals surface area (Å²) < 4.78 is 39.7. The fraction of sp³-hybridized carbons (Fsp3) is 0.118. The monoisotopic (exact) mass is 346 g/mol. The van der Waals surface area contributed by atoms with Gasteiger partial charge >= 0.3 is 6.18 Å². The first kappa shape index (κ1) is 16.7. The second-order valence-electron chi connectivity index (χ2n) is 5.25. The highest BCUT2D eigenvalue weighted by molar-refractivity contribution is 5.93. The molecule has 0 atom stereocenters. The Bertz CT molecular complexity index is 876. The summed E-state index contributed by atoms with van der Waals surface area (Å²) in [5, 5.41) is 6.72. The van der Waals surface area contributed by atoms with Crippen LogP contribution in [0.2, 0.25) is 0 Å². The topological polar surface area (TPSA) is 59.8 Å². The number of carbonyl (C=O) groups is 1. The van der Waals surface area contributed by atoms with Crippen LogP contribution in [0.5, 0.6) is 0 Å². The molecular weight excluding hydrogens is 333 g/mol. The maximum atomic E-state index is 12.7. The molecule has 1 amide bonds. The Morgan fingerprint density at radius 3 is 2.68 bits per heavy atom. The van der Waals surface area contributed by atoms with E-state index in [1.54, 1.807) is 36.8 Å². The van der Waals surface area contributed by atoms with E-state index in [1.807, 2.05) is 0 Å². The van der Waals surface area contributed by atoms with Gasteiger partial charge < -0.3 is 5.32 Å². The fourth-order valence-electron chi connectivity index (χ4n) is 2.31. The lowest BCUT2D eigenvalue weighted by Gasteiger charge is -2.11. The number of amides is 1. The van der Waals surface area contributed by atoms with E-state index in [0.717, 1.165) is 12.1 Å². The Balaban J connectivity index is 1.76. The Labute approximate surface area is 141 Å². The quantitative estimate of drug-likeness (QED) is 0.787. The van der Waals surface area contributed by atoms with Crippen molar-refractivity contribution in [2.45, 2.75) is 12.6 Å². The third-order valence-electron chi connectivity index (χ3n) is 3.40. The van der Waals surface area contributed by atoms with Gasteiger partial charge in [-0.2, -0.15) is 18.3 Å². The van der Waals surface area contributed by atoms with Crippen molar-refractivity contribution in [1.82, 2.24) is 14.8 Å². The van der Waals surface area contributed by atoms with Crippen LogP contribution in [0.25, 0.3) is 5.82 Å². The van der Waals surface area contributed by atoms with Crippen molar-refractivity contribution < 1.29 is 18.0 Å². The molecule has 3 rings (SSSR count). The average molecular weight is 346 g/mol. The molecule has 0 fully saturated rings. The van der Waals surface area contributed by atoms with Crippen LogP contribution in [0, 0.1) is 0 Å². The molecule has 5 nitrogen and oxygen atoms in total. The second kappa shape index (κ2) is 6.76. The van der Waals surface area contributed by atoms with E-state index in [1.165, 1.54) is 16.8 Å². The van der Waals surface area contributed by atoms with Gasteiger partial charge in [0.1, 0.15) is 0 Å². The molecule has 0 saturated carbocycles. The minimum atomic E-state index is -4.44. The molecular formula is C17H13F3N4O. The van der Waals surface area contributed by atoms with Gasteiger partial charge in [0, 0.05) is 18.6 Å². The first-order valence-corrected chi connectivity index (χ1v) is 7.34. The zero-order valence-electron chi connectivity index (χ0n) is 12.9. The fourth-order valence-corrected chi connectivity index (χ4v) is 2.31. The number of carbonyl (C=O) groups excluding carboxylic acids is 1. The number of halogens is 3. The predicted molar refractivity (Wildman–Crippen MR) is 85.1 cm³/mol. The Morgan fingerprint density at radius 1 is 1.12 bits per heavy atom. The molecule has 0 aliphatic rings. The minimum absolute atomic E-state index is 0.183. The van der Waals surface area contributed by atoms with Crippen molar-refractivity contribution in [3.63, 3.8) is 0 Å².